The Bertz CT molecular complexity index is 926. The molecule has 2 heterocycles. The van der Waals surface area contributed by atoms with Crippen molar-refractivity contribution in [3.05, 3.63) is 23.8 Å². The van der Waals surface area contributed by atoms with Crippen LogP contribution < -0.4 is 10.2 Å². The van der Waals surface area contributed by atoms with E-state index in [9.17, 15) is 18.0 Å². The minimum atomic E-state index is -3.61. The van der Waals surface area contributed by atoms with Gasteiger partial charge in [0.05, 0.1) is 18.1 Å². The number of nitrogens with one attached hydrogen (secondary N) is 1. The highest BCUT2D eigenvalue weighted by Crippen LogP contribution is 2.34. The summed E-state index contributed by atoms with van der Waals surface area (Å²) in [6.07, 6.45) is 1.11. The zero-order valence-electron chi connectivity index (χ0n) is 19.2. The lowest BCUT2D eigenvalue weighted by molar-refractivity contribution is -0.125. The Morgan fingerprint density at radius 2 is 1.88 bits per heavy atom. The summed E-state index contributed by atoms with van der Waals surface area (Å²) in [7, 11) is -3.61. The molecular formula is C22H34N4O5S. The average Bonchev–Trinajstić information content (AvgIpc) is 3.17. The SMILES string of the molecule is CCN(CC)S(=O)(=O)c1ccc2c(c1)C[C@@H](C(=O)NCCCN1CCOCC1)N2C(C)=O. The van der Waals surface area contributed by atoms with Gasteiger partial charge >= 0.3 is 0 Å². The van der Waals surface area contributed by atoms with E-state index in [4.69, 9.17) is 4.74 Å². The summed E-state index contributed by atoms with van der Waals surface area (Å²) in [5.74, 6) is -0.455. The molecule has 2 amide bonds. The van der Waals surface area contributed by atoms with Gasteiger partial charge in [-0.1, -0.05) is 13.8 Å². The zero-order chi connectivity index (χ0) is 23.3. The average molecular weight is 467 g/mol. The van der Waals surface area contributed by atoms with Crippen LogP contribution in [0.15, 0.2) is 23.1 Å². The number of amides is 2. The standard InChI is InChI=1S/C22H34N4O5S/c1-4-25(5-2)32(29,30)19-7-8-20-18(15-19)16-21(26(20)17(3)27)22(28)23-9-6-10-24-11-13-31-14-12-24/h7-8,15,21H,4-6,9-14,16H2,1-3H3,(H,23,28)/t21-/m0/s1. The number of carbonyl (C=O) groups excluding carboxylic acids is 2. The lowest BCUT2D eigenvalue weighted by Crippen LogP contribution is -2.48. The molecule has 1 aromatic carbocycles. The summed E-state index contributed by atoms with van der Waals surface area (Å²) >= 11 is 0. The number of hydrogen-bond acceptors (Lipinski definition) is 6. The molecule has 2 aliphatic heterocycles. The molecule has 1 saturated heterocycles. The van der Waals surface area contributed by atoms with Gasteiger partial charge in [0.2, 0.25) is 21.8 Å². The first-order valence-electron chi connectivity index (χ1n) is 11.3. The smallest absolute Gasteiger partial charge is 0.243 e. The van der Waals surface area contributed by atoms with Crippen molar-refractivity contribution in [3.8, 4) is 0 Å². The highest BCUT2D eigenvalue weighted by Gasteiger charge is 2.37. The summed E-state index contributed by atoms with van der Waals surface area (Å²) in [6, 6.07) is 4.09. The lowest BCUT2D eigenvalue weighted by Gasteiger charge is -2.27. The van der Waals surface area contributed by atoms with Crippen LogP contribution in [0.4, 0.5) is 5.69 Å². The Balaban J connectivity index is 1.67. The predicted molar refractivity (Wildman–Crippen MR) is 122 cm³/mol. The second-order valence-electron chi connectivity index (χ2n) is 8.09. The van der Waals surface area contributed by atoms with Gasteiger partial charge in [-0.25, -0.2) is 8.42 Å². The third-order valence-electron chi connectivity index (χ3n) is 6.07. The van der Waals surface area contributed by atoms with Crippen molar-refractivity contribution in [2.24, 2.45) is 0 Å². The maximum absolute atomic E-state index is 12.9. The number of sulfonamides is 1. The van der Waals surface area contributed by atoms with Gasteiger partial charge in [-0.3, -0.25) is 19.4 Å². The highest BCUT2D eigenvalue weighted by atomic mass is 32.2. The molecule has 1 atom stereocenters. The molecule has 1 aromatic rings. The topological polar surface area (TPSA) is 99.3 Å². The molecule has 1 N–H and O–H groups in total. The predicted octanol–water partition coefficient (Wildman–Crippen LogP) is 0.833. The van der Waals surface area contributed by atoms with Crippen LogP contribution in [0.25, 0.3) is 0 Å². The number of nitrogens with zero attached hydrogens (tertiary/aromatic N) is 3. The van der Waals surface area contributed by atoms with Crippen LogP contribution in [0.2, 0.25) is 0 Å². The number of fused-ring (bicyclic) bond motifs is 1. The number of morpholine rings is 1. The Morgan fingerprint density at radius 3 is 2.50 bits per heavy atom. The van der Waals surface area contributed by atoms with E-state index in [0.29, 0.717) is 37.3 Å². The van der Waals surface area contributed by atoms with Gasteiger partial charge < -0.3 is 10.1 Å². The Hall–Kier alpha value is -2.01. The molecule has 3 rings (SSSR count). The Morgan fingerprint density at radius 1 is 1.19 bits per heavy atom. The van der Waals surface area contributed by atoms with E-state index in [1.807, 2.05) is 0 Å². The van der Waals surface area contributed by atoms with Crippen LogP contribution in [-0.4, -0.2) is 88.0 Å². The zero-order valence-corrected chi connectivity index (χ0v) is 20.0. The number of benzene rings is 1. The van der Waals surface area contributed by atoms with Gasteiger partial charge in [0.1, 0.15) is 6.04 Å². The van der Waals surface area contributed by atoms with Crippen LogP contribution in [0, 0.1) is 0 Å². The molecule has 10 heteroatoms. The van der Waals surface area contributed by atoms with Gasteiger partial charge in [0.25, 0.3) is 0 Å². The van der Waals surface area contributed by atoms with Gasteiger partial charge in [0.15, 0.2) is 0 Å². The maximum atomic E-state index is 12.9. The van der Waals surface area contributed by atoms with Gasteiger partial charge in [0, 0.05) is 51.8 Å². The van der Waals surface area contributed by atoms with Crippen molar-refractivity contribution >= 4 is 27.5 Å². The summed E-state index contributed by atoms with van der Waals surface area (Å²) in [6.45, 7) is 10.5. The first kappa shape index (κ1) is 24.6. The fraction of sp³-hybridized carbons (Fsp3) is 0.636. The number of ether oxygens (including phenoxy) is 1. The molecule has 9 nitrogen and oxygen atoms in total. The van der Waals surface area contributed by atoms with Crippen molar-refractivity contribution < 1.29 is 22.7 Å². The molecule has 0 radical (unpaired) electrons. The summed E-state index contributed by atoms with van der Waals surface area (Å²) in [4.78, 5) is 29.2. The highest BCUT2D eigenvalue weighted by molar-refractivity contribution is 7.89. The van der Waals surface area contributed by atoms with Gasteiger partial charge in [-0.2, -0.15) is 4.31 Å². The van der Waals surface area contributed by atoms with Crippen LogP contribution in [0.1, 0.15) is 32.8 Å². The molecule has 0 spiro atoms. The largest absolute Gasteiger partial charge is 0.379 e. The maximum Gasteiger partial charge on any atom is 0.243 e. The first-order valence-corrected chi connectivity index (χ1v) is 12.7. The van der Waals surface area contributed by atoms with Crippen LogP contribution >= 0.6 is 0 Å². The lowest BCUT2D eigenvalue weighted by atomic mass is 10.1. The van der Waals surface area contributed by atoms with Crippen molar-refractivity contribution in [2.45, 2.75) is 44.6 Å². The second kappa shape index (κ2) is 10.7. The van der Waals surface area contributed by atoms with Crippen molar-refractivity contribution in [3.63, 3.8) is 0 Å². The fourth-order valence-corrected chi connectivity index (χ4v) is 5.87. The Kier molecular flexibility index (Phi) is 8.26. The number of rotatable bonds is 9. The van der Waals surface area contributed by atoms with E-state index in [1.54, 1.807) is 26.0 Å². The molecule has 178 valence electrons. The van der Waals surface area contributed by atoms with Gasteiger partial charge in [-0.15, -0.1) is 0 Å². The number of anilines is 1. The van der Waals surface area contributed by atoms with E-state index in [0.717, 1.165) is 39.3 Å². The third-order valence-corrected chi connectivity index (χ3v) is 8.12. The monoisotopic (exact) mass is 466 g/mol. The van der Waals surface area contributed by atoms with E-state index in [2.05, 4.69) is 10.2 Å². The van der Waals surface area contributed by atoms with Crippen LogP contribution in [-0.2, 0) is 30.8 Å². The van der Waals surface area contributed by atoms with E-state index in [-0.39, 0.29) is 16.7 Å². The van der Waals surface area contributed by atoms with Gasteiger partial charge in [-0.05, 0) is 36.7 Å². The number of carbonyl (C=O) groups is 2. The molecule has 0 bridgehead atoms. The third kappa shape index (κ3) is 5.31. The second-order valence-corrected chi connectivity index (χ2v) is 10.0. The normalized spacial score (nSPS) is 19.2. The van der Waals surface area contributed by atoms with E-state index < -0.39 is 16.1 Å². The van der Waals surface area contributed by atoms with Crippen molar-refractivity contribution in [1.82, 2.24) is 14.5 Å². The molecule has 0 aromatic heterocycles. The summed E-state index contributed by atoms with van der Waals surface area (Å²) in [5.41, 5.74) is 1.30. The number of hydrogen-bond donors (Lipinski definition) is 1. The molecule has 0 saturated carbocycles. The minimum Gasteiger partial charge on any atom is -0.379 e. The van der Waals surface area contributed by atoms with Crippen molar-refractivity contribution in [2.75, 3.05) is 57.4 Å². The fourth-order valence-electron chi connectivity index (χ4n) is 4.36. The molecule has 1 fully saturated rings. The van der Waals surface area contributed by atoms with Crippen LogP contribution in [0.3, 0.4) is 0 Å². The summed E-state index contributed by atoms with van der Waals surface area (Å²) in [5, 5.41) is 2.95. The molecule has 0 unspecified atom stereocenters. The Labute approximate surface area is 190 Å². The molecule has 2 aliphatic rings. The quantitative estimate of drug-likeness (QED) is 0.542. The summed E-state index contributed by atoms with van der Waals surface area (Å²) < 4.78 is 32.5. The van der Waals surface area contributed by atoms with Crippen LogP contribution in [0.5, 0.6) is 0 Å². The molecular weight excluding hydrogens is 432 g/mol. The molecule has 32 heavy (non-hydrogen) atoms. The minimum absolute atomic E-state index is 0.190. The van der Waals surface area contributed by atoms with Crippen molar-refractivity contribution in [1.29, 1.82) is 0 Å². The van der Waals surface area contributed by atoms with E-state index >= 15 is 0 Å². The van der Waals surface area contributed by atoms with E-state index in [1.165, 1.54) is 22.2 Å². The first-order chi connectivity index (χ1) is 15.3. The molecule has 0 aliphatic carbocycles.